The van der Waals surface area contributed by atoms with Gasteiger partial charge in [0.1, 0.15) is 5.75 Å². The van der Waals surface area contributed by atoms with Crippen molar-refractivity contribution in [2.45, 2.75) is 57.6 Å². The molecule has 7 heteroatoms. The van der Waals surface area contributed by atoms with Crippen LogP contribution in [0.1, 0.15) is 55.8 Å². The van der Waals surface area contributed by atoms with Gasteiger partial charge in [0.2, 0.25) is 5.91 Å². The third-order valence-electron chi connectivity index (χ3n) is 6.40. The number of carboxylic acid groups (broad SMARTS) is 1. The number of hydrogen-bond donors (Lipinski definition) is 2. The van der Waals surface area contributed by atoms with Gasteiger partial charge in [-0.25, -0.2) is 0 Å². The molecule has 184 valence electrons. The molecule has 1 saturated heterocycles. The first-order valence-electron chi connectivity index (χ1n) is 11.9. The summed E-state index contributed by atoms with van der Waals surface area (Å²) in [7, 11) is 1.66. The van der Waals surface area contributed by atoms with Gasteiger partial charge in [-0.15, -0.1) is 0 Å². The Kier molecular flexibility index (Phi) is 9.84. The van der Waals surface area contributed by atoms with E-state index < -0.39 is 12.1 Å². The zero-order chi connectivity index (χ0) is 24.5. The summed E-state index contributed by atoms with van der Waals surface area (Å²) in [6.07, 6.45) is 3.03. The van der Waals surface area contributed by atoms with Crippen molar-refractivity contribution >= 4 is 23.6 Å². The molecule has 1 heterocycles. The van der Waals surface area contributed by atoms with Gasteiger partial charge in [0.15, 0.2) is 0 Å². The number of carboxylic acids is 1. The Balaban J connectivity index is 1.53. The molecule has 1 amide bonds. The second-order valence-corrected chi connectivity index (χ2v) is 10.0. The van der Waals surface area contributed by atoms with E-state index in [1.54, 1.807) is 18.9 Å². The van der Waals surface area contributed by atoms with E-state index >= 15 is 0 Å². The minimum Gasteiger partial charge on any atom is -0.497 e. The van der Waals surface area contributed by atoms with Crippen LogP contribution < -0.4 is 4.74 Å². The maximum atomic E-state index is 12.4. The molecule has 0 spiro atoms. The highest BCUT2D eigenvalue weighted by molar-refractivity contribution is 7.99. The first-order valence-corrected chi connectivity index (χ1v) is 13.1. The molecule has 0 bridgehead atoms. The number of carbonyl (C=O) groups is 2. The zero-order valence-corrected chi connectivity index (χ0v) is 20.9. The first kappa shape index (κ1) is 26.1. The molecule has 0 aromatic heterocycles. The van der Waals surface area contributed by atoms with E-state index in [1.807, 2.05) is 41.3 Å². The van der Waals surface area contributed by atoms with E-state index in [4.69, 9.17) is 9.84 Å². The van der Waals surface area contributed by atoms with Gasteiger partial charge < -0.3 is 19.8 Å². The van der Waals surface area contributed by atoms with E-state index in [1.165, 1.54) is 0 Å². The number of hydrogen-bond acceptors (Lipinski definition) is 5. The van der Waals surface area contributed by atoms with Crippen molar-refractivity contribution in [3.05, 3.63) is 53.6 Å². The van der Waals surface area contributed by atoms with Crippen LogP contribution in [0.3, 0.4) is 0 Å². The van der Waals surface area contributed by atoms with Crippen LogP contribution in [0.5, 0.6) is 5.75 Å². The monoisotopic (exact) mass is 485 g/mol. The molecule has 1 fully saturated rings. The van der Waals surface area contributed by atoms with E-state index in [9.17, 15) is 14.7 Å². The predicted molar refractivity (Wildman–Crippen MR) is 136 cm³/mol. The minimum absolute atomic E-state index is 0.161. The van der Waals surface area contributed by atoms with Crippen molar-refractivity contribution in [2.75, 3.05) is 25.2 Å². The maximum Gasteiger partial charge on any atom is 0.303 e. The lowest BCUT2D eigenvalue weighted by molar-refractivity contribution is -0.137. The normalized spacial score (nSPS) is 16.6. The molecule has 3 rings (SSSR count). The number of amides is 1. The van der Waals surface area contributed by atoms with Crippen molar-refractivity contribution in [1.82, 2.24) is 4.90 Å². The summed E-state index contributed by atoms with van der Waals surface area (Å²) in [6.45, 7) is 2.74. The molecule has 2 aromatic rings. The summed E-state index contributed by atoms with van der Waals surface area (Å²) in [5.74, 6) is 1.85. The number of benzene rings is 2. The van der Waals surface area contributed by atoms with Crippen molar-refractivity contribution in [1.29, 1.82) is 0 Å². The van der Waals surface area contributed by atoms with Crippen LogP contribution in [-0.4, -0.2) is 58.2 Å². The van der Waals surface area contributed by atoms with E-state index in [0.29, 0.717) is 25.8 Å². The Morgan fingerprint density at radius 3 is 2.79 bits per heavy atom. The maximum absolute atomic E-state index is 12.4. The molecule has 2 unspecified atom stereocenters. The smallest absolute Gasteiger partial charge is 0.303 e. The number of aliphatic hydroxyl groups is 1. The molecule has 2 atom stereocenters. The average molecular weight is 486 g/mol. The Hall–Kier alpha value is -2.51. The molecule has 2 aromatic carbocycles. The fraction of sp³-hybridized carbons (Fsp3) is 0.481. The van der Waals surface area contributed by atoms with Crippen LogP contribution in [0.2, 0.25) is 0 Å². The number of aliphatic carboxylic acids is 1. The highest BCUT2D eigenvalue weighted by atomic mass is 32.2. The number of methoxy groups -OCH3 is 1. The van der Waals surface area contributed by atoms with Crippen LogP contribution >= 0.6 is 11.8 Å². The summed E-state index contributed by atoms with van der Waals surface area (Å²) < 4.78 is 5.30. The number of ether oxygens (including phenoxy) is 1. The van der Waals surface area contributed by atoms with Crippen LogP contribution in [0.25, 0.3) is 11.1 Å². The van der Waals surface area contributed by atoms with Gasteiger partial charge >= 0.3 is 5.97 Å². The van der Waals surface area contributed by atoms with Crippen molar-refractivity contribution in [3.63, 3.8) is 0 Å². The summed E-state index contributed by atoms with van der Waals surface area (Å²) in [6, 6.07) is 14.2. The van der Waals surface area contributed by atoms with Gasteiger partial charge in [-0.3, -0.25) is 9.59 Å². The van der Waals surface area contributed by atoms with E-state index in [-0.39, 0.29) is 18.4 Å². The Bertz CT molecular complexity index is 979. The average Bonchev–Trinajstić information content (AvgIpc) is 3.18. The third-order valence-corrected chi connectivity index (χ3v) is 7.45. The first-order chi connectivity index (χ1) is 16.4. The lowest BCUT2D eigenvalue weighted by Crippen LogP contribution is -2.35. The van der Waals surface area contributed by atoms with Crippen molar-refractivity contribution < 1.29 is 24.5 Å². The Morgan fingerprint density at radius 2 is 2.06 bits per heavy atom. The number of aliphatic hydroxyl groups excluding tert-OH is 1. The lowest BCUT2D eigenvalue weighted by Gasteiger charge is -2.25. The topological polar surface area (TPSA) is 87.1 Å². The van der Waals surface area contributed by atoms with Gasteiger partial charge in [-0.1, -0.05) is 24.3 Å². The molecule has 2 N–H and O–H groups in total. The SMILES string of the molecule is COc1ccc(-c2cccc(C(O)CCC3CCC(=O)N3CCSCCCC(=O)O)c2)c(C)c1. The molecule has 0 aliphatic carbocycles. The second-order valence-electron chi connectivity index (χ2n) is 8.79. The number of aryl methyl sites for hydroxylation is 1. The largest absolute Gasteiger partial charge is 0.497 e. The quantitative estimate of drug-likeness (QED) is 0.385. The summed E-state index contributed by atoms with van der Waals surface area (Å²) in [5, 5.41) is 19.6. The highest BCUT2D eigenvalue weighted by Gasteiger charge is 2.30. The molecular formula is C27H35NO5S. The molecule has 0 radical (unpaired) electrons. The van der Waals surface area contributed by atoms with Crippen LogP contribution in [-0.2, 0) is 9.59 Å². The third kappa shape index (κ3) is 7.24. The van der Waals surface area contributed by atoms with Crippen LogP contribution in [0.4, 0.5) is 0 Å². The fourth-order valence-corrected chi connectivity index (χ4v) is 5.39. The van der Waals surface area contributed by atoms with Crippen molar-refractivity contribution in [3.8, 4) is 16.9 Å². The Morgan fingerprint density at radius 1 is 1.24 bits per heavy atom. The number of thioether (sulfide) groups is 1. The van der Waals surface area contributed by atoms with Gasteiger partial charge in [0.25, 0.3) is 0 Å². The predicted octanol–water partition coefficient (Wildman–Crippen LogP) is 5.07. The number of carbonyl (C=O) groups excluding carboxylic acids is 1. The number of likely N-dealkylation sites (tertiary alicyclic amines) is 1. The zero-order valence-electron chi connectivity index (χ0n) is 20.0. The molecule has 0 saturated carbocycles. The molecule has 1 aliphatic heterocycles. The number of rotatable bonds is 13. The fourth-order valence-electron chi connectivity index (χ4n) is 4.51. The minimum atomic E-state index is -0.765. The summed E-state index contributed by atoms with van der Waals surface area (Å²) in [5.41, 5.74) is 4.18. The van der Waals surface area contributed by atoms with Gasteiger partial charge in [0, 0.05) is 31.2 Å². The van der Waals surface area contributed by atoms with E-state index in [2.05, 4.69) is 13.0 Å². The number of nitrogens with zero attached hydrogens (tertiary/aromatic N) is 1. The summed E-state index contributed by atoms with van der Waals surface area (Å²) >= 11 is 1.70. The van der Waals surface area contributed by atoms with E-state index in [0.717, 1.165) is 52.4 Å². The molecule has 1 aliphatic rings. The van der Waals surface area contributed by atoms with Crippen LogP contribution in [0.15, 0.2) is 42.5 Å². The second kappa shape index (κ2) is 12.8. The molecular weight excluding hydrogens is 450 g/mol. The standard InChI is InChI=1S/C27H35NO5S/c1-19-17-23(33-2)10-11-24(19)20-5-3-6-21(18-20)25(29)12-8-22-9-13-26(30)28(22)14-16-34-15-4-7-27(31)32/h3,5-6,10-11,17-18,22,25,29H,4,7-9,12-16H2,1-2H3,(H,31,32). The van der Waals surface area contributed by atoms with Gasteiger partial charge in [0.05, 0.1) is 13.2 Å². The van der Waals surface area contributed by atoms with Crippen LogP contribution in [0, 0.1) is 6.92 Å². The van der Waals surface area contributed by atoms with Gasteiger partial charge in [-0.2, -0.15) is 11.8 Å². The lowest BCUT2D eigenvalue weighted by atomic mass is 9.95. The Labute approximate surface area is 206 Å². The van der Waals surface area contributed by atoms with Crippen molar-refractivity contribution in [2.24, 2.45) is 0 Å². The van der Waals surface area contributed by atoms with Gasteiger partial charge in [-0.05, 0) is 78.8 Å². The molecule has 6 nitrogen and oxygen atoms in total. The highest BCUT2D eigenvalue weighted by Crippen LogP contribution is 2.31. The summed E-state index contributed by atoms with van der Waals surface area (Å²) in [4.78, 5) is 24.9. The molecule has 34 heavy (non-hydrogen) atoms.